The van der Waals surface area contributed by atoms with Crippen molar-refractivity contribution in [3.8, 4) is 0 Å². The van der Waals surface area contributed by atoms with Crippen molar-refractivity contribution in [1.82, 2.24) is 9.97 Å². The van der Waals surface area contributed by atoms with Crippen molar-refractivity contribution in [3.63, 3.8) is 0 Å². The summed E-state index contributed by atoms with van der Waals surface area (Å²) in [5.41, 5.74) is 0.660. The molecular weight excluding hydrogens is 399 g/mol. The third-order valence-electron chi connectivity index (χ3n) is 5.01. The van der Waals surface area contributed by atoms with Crippen LogP contribution in [0.25, 0.3) is 0 Å². The second-order valence-corrected chi connectivity index (χ2v) is 9.40. The first-order valence-electron chi connectivity index (χ1n) is 9.14. The molecule has 1 aliphatic rings. The molecule has 2 heterocycles. The Balaban J connectivity index is 1.87. The van der Waals surface area contributed by atoms with Crippen molar-refractivity contribution >= 4 is 27.4 Å². The van der Waals surface area contributed by atoms with Gasteiger partial charge in [-0.2, -0.15) is 0 Å². The molecule has 0 saturated carbocycles. The summed E-state index contributed by atoms with van der Waals surface area (Å²) in [6, 6.07) is 4.13. The van der Waals surface area contributed by atoms with Gasteiger partial charge in [0.25, 0.3) is 0 Å². The van der Waals surface area contributed by atoms with Crippen LogP contribution in [0, 0.1) is 11.7 Å². The predicted octanol–water partition coefficient (Wildman–Crippen LogP) is 2.07. The van der Waals surface area contributed by atoms with Crippen molar-refractivity contribution < 1.29 is 22.7 Å². The van der Waals surface area contributed by atoms with E-state index in [0.717, 1.165) is 6.26 Å². The number of aromatic carboxylic acids is 1. The fourth-order valence-electron chi connectivity index (χ4n) is 3.42. The number of anilines is 2. The SMILES string of the molecule is CC(C)[C@@H]1CN(c2ccc(F)c(S(C)(=O)=O)c2)CCN1c1ncc(C(=O)O)cn1. The minimum atomic E-state index is -3.67. The van der Waals surface area contributed by atoms with Gasteiger partial charge in [0.15, 0.2) is 9.84 Å². The molecule has 1 N–H and O–H groups in total. The number of halogens is 1. The van der Waals surface area contributed by atoms with E-state index in [1.54, 1.807) is 6.07 Å². The zero-order valence-corrected chi connectivity index (χ0v) is 17.2. The standard InChI is InChI=1S/C19H23FN4O4S/c1-12(2)16-11-23(14-4-5-15(20)17(8-14)29(3,27)28)6-7-24(16)19-21-9-13(10-22-19)18(25)26/h4-5,8-10,12,16H,6-7,11H2,1-3H3,(H,25,26)/t16-/m0/s1. The minimum Gasteiger partial charge on any atom is -0.478 e. The number of carboxylic acids is 1. The Labute approximate surface area is 168 Å². The highest BCUT2D eigenvalue weighted by molar-refractivity contribution is 7.90. The second kappa shape index (κ2) is 7.94. The smallest absolute Gasteiger partial charge is 0.338 e. The normalized spacial score (nSPS) is 17.6. The van der Waals surface area contributed by atoms with Gasteiger partial charge in [-0.3, -0.25) is 0 Å². The number of carboxylic acid groups (broad SMARTS) is 1. The molecule has 1 aromatic carbocycles. The Morgan fingerprint density at radius 1 is 1.24 bits per heavy atom. The summed E-state index contributed by atoms with van der Waals surface area (Å²) in [5.74, 6) is -1.18. The van der Waals surface area contributed by atoms with E-state index >= 15 is 0 Å². The molecule has 0 aliphatic carbocycles. The number of carbonyl (C=O) groups is 1. The Morgan fingerprint density at radius 2 is 1.90 bits per heavy atom. The van der Waals surface area contributed by atoms with Gasteiger partial charge in [0.1, 0.15) is 10.7 Å². The zero-order chi connectivity index (χ0) is 21.3. The molecule has 3 rings (SSSR count). The molecular formula is C19H23FN4O4S. The summed E-state index contributed by atoms with van der Waals surface area (Å²) in [6.45, 7) is 5.79. The first-order chi connectivity index (χ1) is 13.6. The molecule has 156 valence electrons. The highest BCUT2D eigenvalue weighted by Gasteiger charge is 2.31. The molecule has 29 heavy (non-hydrogen) atoms. The van der Waals surface area contributed by atoms with Gasteiger partial charge in [-0.05, 0) is 24.1 Å². The number of benzene rings is 1. The Bertz CT molecular complexity index is 1010. The third kappa shape index (κ3) is 4.47. The minimum absolute atomic E-state index is 0.00571. The van der Waals surface area contributed by atoms with Gasteiger partial charge in [0, 0.05) is 44.0 Å². The van der Waals surface area contributed by atoms with Crippen LogP contribution in [0.15, 0.2) is 35.5 Å². The van der Waals surface area contributed by atoms with Crippen LogP contribution in [0.2, 0.25) is 0 Å². The van der Waals surface area contributed by atoms with Crippen molar-refractivity contribution in [2.75, 3.05) is 35.7 Å². The molecule has 1 atom stereocenters. The van der Waals surface area contributed by atoms with E-state index in [4.69, 9.17) is 5.11 Å². The maximum atomic E-state index is 13.9. The second-order valence-electron chi connectivity index (χ2n) is 7.41. The van der Waals surface area contributed by atoms with E-state index in [2.05, 4.69) is 23.8 Å². The molecule has 0 unspecified atom stereocenters. The summed E-state index contributed by atoms with van der Waals surface area (Å²) in [7, 11) is -3.67. The molecule has 1 aromatic heterocycles. The third-order valence-corrected chi connectivity index (χ3v) is 6.12. The molecule has 0 bridgehead atoms. The number of nitrogens with zero attached hydrogens (tertiary/aromatic N) is 4. The van der Waals surface area contributed by atoms with E-state index in [1.807, 2.05) is 9.80 Å². The van der Waals surface area contributed by atoms with Gasteiger partial charge >= 0.3 is 5.97 Å². The van der Waals surface area contributed by atoms with Gasteiger partial charge in [0.05, 0.1) is 11.6 Å². The van der Waals surface area contributed by atoms with Crippen molar-refractivity contribution in [3.05, 3.63) is 42.0 Å². The van der Waals surface area contributed by atoms with Crippen molar-refractivity contribution in [2.45, 2.75) is 24.8 Å². The number of aromatic nitrogens is 2. The lowest BCUT2D eigenvalue weighted by Gasteiger charge is -2.44. The fourth-order valence-corrected chi connectivity index (χ4v) is 4.17. The summed E-state index contributed by atoms with van der Waals surface area (Å²) < 4.78 is 37.6. The van der Waals surface area contributed by atoms with Crippen molar-refractivity contribution in [2.24, 2.45) is 5.92 Å². The average Bonchev–Trinajstić information content (AvgIpc) is 2.67. The van der Waals surface area contributed by atoms with Crippen molar-refractivity contribution in [1.29, 1.82) is 0 Å². The van der Waals surface area contributed by atoms with Crippen LogP contribution in [-0.4, -0.2) is 61.4 Å². The summed E-state index contributed by atoms with van der Waals surface area (Å²) in [4.78, 5) is 23.1. The fraction of sp³-hybridized carbons (Fsp3) is 0.421. The maximum absolute atomic E-state index is 13.9. The molecule has 1 saturated heterocycles. The predicted molar refractivity (Wildman–Crippen MR) is 107 cm³/mol. The number of hydrogen-bond acceptors (Lipinski definition) is 7. The van der Waals surface area contributed by atoms with Gasteiger partial charge < -0.3 is 14.9 Å². The first kappa shape index (κ1) is 21.0. The van der Waals surface area contributed by atoms with Crippen LogP contribution in [0.3, 0.4) is 0 Å². The summed E-state index contributed by atoms with van der Waals surface area (Å²) >= 11 is 0. The molecule has 0 spiro atoms. The highest BCUT2D eigenvalue weighted by Crippen LogP contribution is 2.28. The quantitative estimate of drug-likeness (QED) is 0.781. The van der Waals surface area contributed by atoms with Gasteiger partial charge in [-0.15, -0.1) is 0 Å². The molecule has 10 heteroatoms. The van der Waals surface area contributed by atoms with E-state index < -0.39 is 21.6 Å². The van der Waals surface area contributed by atoms with E-state index in [-0.39, 0.29) is 22.4 Å². The van der Waals surface area contributed by atoms with E-state index in [9.17, 15) is 17.6 Å². The number of sulfone groups is 1. The molecule has 1 fully saturated rings. The molecule has 8 nitrogen and oxygen atoms in total. The van der Waals surface area contributed by atoms with Gasteiger partial charge in [-0.1, -0.05) is 13.8 Å². The average molecular weight is 422 g/mol. The van der Waals surface area contributed by atoms with Crippen LogP contribution in [0.4, 0.5) is 16.0 Å². The lowest BCUT2D eigenvalue weighted by atomic mass is 9.99. The zero-order valence-electron chi connectivity index (χ0n) is 16.4. The Kier molecular flexibility index (Phi) is 5.74. The monoisotopic (exact) mass is 422 g/mol. The Morgan fingerprint density at radius 3 is 2.45 bits per heavy atom. The van der Waals surface area contributed by atoms with Crippen LogP contribution in [0.5, 0.6) is 0 Å². The molecule has 0 amide bonds. The lowest BCUT2D eigenvalue weighted by Crippen LogP contribution is -2.56. The van der Waals surface area contributed by atoms with Crippen LogP contribution < -0.4 is 9.80 Å². The largest absolute Gasteiger partial charge is 0.478 e. The van der Waals surface area contributed by atoms with Crippen LogP contribution in [-0.2, 0) is 9.84 Å². The summed E-state index contributed by atoms with van der Waals surface area (Å²) in [5, 5.41) is 9.02. The van der Waals surface area contributed by atoms with Crippen LogP contribution >= 0.6 is 0 Å². The first-order valence-corrected chi connectivity index (χ1v) is 11.0. The number of rotatable bonds is 5. The topological polar surface area (TPSA) is 104 Å². The lowest BCUT2D eigenvalue weighted by molar-refractivity contribution is 0.0696. The van der Waals surface area contributed by atoms with E-state index in [0.29, 0.717) is 31.3 Å². The number of piperazine rings is 1. The molecule has 0 radical (unpaired) electrons. The Hall–Kier alpha value is -2.75. The van der Waals surface area contributed by atoms with Gasteiger partial charge in [0.2, 0.25) is 5.95 Å². The van der Waals surface area contributed by atoms with E-state index in [1.165, 1.54) is 24.5 Å². The van der Waals surface area contributed by atoms with Crippen LogP contribution in [0.1, 0.15) is 24.2 Å². The number of hydrogen-bond donors (Lipinski definition) is 1. The highest BCUT2D eigenvalue weighted by atomic mass is 32.2. The molecule has 2 aromatic rings. The summed E-state index contributed by atoms with van der Waals surface area (Å²) in [6.07, 6.45) is 3.56. The molecule has 1 aliphatic heterocycles. The maximum Gasteiger partial charge on any atom is 0.338 e. The van der Waals surface area contributed by atoms with Gasteiger partial charge in [-0.25, -0.2) is 27.6 Å².